The van der Waals surface area contributed by atoms with Crippen molar-refractivity contribution in [3.05, 3.63) is 89.7 Å². The van der Waals surface area contributed by atoms with Crippen LogP contribution in [-0.2, 0) is 10.0 Å². The maximum absolute atomic E-state index is 13.1. The topological polar surface area (TPSA) is 84.1 Å². The van der Waals surface area contributed by atoms with Crippen molar-refractivity contribution in [2.24, 2.45) is 0 Å². The van der Waals surface area contributed by atoms with Crippen LogP contribution in [0.5, 0.6) is 5.75 Å². The van der Waals surface area contributed by atoms with Crippen LogP contribution >= 0.6 is 0 Å². The molecule has 148 valence electrons. The zero-order chi connectivity index (χ0) is 20.4. The molecule has 4 rings (SSSR count). The first-order valence-electron chi connectivity index (χ1n) is 9.14. The van der Waals surface area contributed by atoms with Gasteiger partial charge in [0.25, 0.3) is 0 Å². The monoisotopic (exact) mass is 407 g/mol. The van der Waals surface area contributed by atoms with Gasteiger partial charge in [-0.1, -0.05) is 36.4 Å². The van der Waals surface area contributed by atoms with Crippen LogP contribution in [0.4, 0.5) is 0 Å². The van der Waals surface area contributed by atoms with Crippen LogP contribution < -0.4 is 9.46 Å². The fourth-order valence-electron chi connectivity index (χ4n) is 3.19. The number of H-pyrrole nitrogens is 1. The van der Waals surface area contributed by atoms with E-state index in [-0.39, 0.29) is 4.90 Å². The molecule has 7 heteroatoms. The molecular weight excluding hydrogens is 386 g/mol. The Labute approximate surface area is 169 Å². The number of sulfonamides is 1. The Bertz CT molecular complexity index is 1230. The molecule has 3 aromatic carbocycles. The maximum atomic E-state index is 13.1. The van der Waals surface area contributed by atoms with Gasteiger partial charge in [0.1, 0.15) is 17.6 Å². The van der Waals surface area contributed by atoms with Gasteiger partial charge in [-0.25, -0.2) is 13.4 Å². The summed E-state index contributed by atoms with van der Waals surface area (Å²) in [6, 6.07) is 20.9. The number of fused-ring (bicyclic) bond motifs is 1. The van der Waals surface area contributed by atoms with E-state index in [4.69, 9.17) is 4.74 Å². The smallest absolute Gasteiger partial charge is 0.241 e. The molecule has 0 aliphatic carbocycles. The molecule has 0 bridgehead atoms. The minimum atomic E-state index is -3.79. The average Bonchev–Trinajstić information content (AvgIpc) is 3.15. The van der Waals surface area contributed by atoms with Crippen molar-refractivity contribution in [2.45, 2.75) is 17.9 Å². The van der Waals surface area contributed by atoms with Gasteiger partial charge in [-0.2, -0.15) is 4.72 Å². The largest absolute Gasteiger partial charge is 0.497 e. The van der Waals surface area contributed by atoms with Crippen LogP contribution in [0.3, 0.4) is 0 Å². The Morgan fingerprint density at radius 2 is 1.72 bits per heavy atom. The van der Waals surface area contributed by atoms with Gasteiger partial charge >= 0.3 is 0 Å². The van der Waals surface area contributed by atoms with Gasteiger partial charge in [0, 0.05) is 0 Å². The van der Waals surface area contributed by atoms with E-state index >= 15 is 0 Å². The molecular formula is C22H21N3O3S. The summed E-state index contributed by atoms with van der Waals surface area (Å²) in [7, 11) is -2.25. The van der Waals surface area contributed by atoms with Crippen molar-refractivity contribution in [1.82, 2.24) is 14.7 Å². The molecule has 29 heavy (non-hydrogen) atoms. The highest BCUT2D eigenvalue weighted by atomic mass is 32.2. The summed E-state index contributed by atoms with van der Waals surface area (Å²) in [5.74, 6) is 1.13. The van der Waals surface area contributed by atoms with Gasteiger partial charge in [0.05, 0.1) is 23.0 Å². The number of aromatic amines is 1. The first-order chi connectivity index (χ1) is 14.0. The zero-order valence-corrected chi connectivity index (χ0v) is 16.9. The number of hydrogen-bond donors (Lipinski definition) is 2. The minimum Gasteiger partial charge on any atom is -0.497 e. The first-order valence-corrected chi connectivity index (χ1v) is 10.6. The van der Waals surface area contributed by atoms with E-state index in [2.05, 4.69) is 14.7 Å². The normalized spacial score (nSPS) is 12.8. The van der Waals surface area contributed by atoms with Gasteiger partial charge < -0.3 is 9.72 Å². The summed E-state index contributed by atoms with van der Waals surface area (Å²) in [5.41, 5.74) is 3.54. The van der Waals surface area contributed by atoms with E-state index in [9.17, 15) is 8.42 Å². The predicted molar refractivity (Wildman–Crippen MR) is 112 cm³/mol. The zero-order valence-electron chi connectivity index (χ0n) is 16.1. The summed E-state index contributed by atoms with van der Waals surface area (Å²) in [6.45, 7) is 2.00. The Kier molecular flexibility index (Phi) is 5.08. The SMILES string of the molecule is COc1ccc(S(=O)(=O)NC(c2ccccc2)c2nc3ccc(C)cc3[nH]2)cc1. The lowest BCUT2D eigenvalue weighted by molar-refractivity contribution is 0.414. The molecule has 0 spiro atoms. The summed E-state index contributed by atoms with van der Waals surface area (Å²) in [5, 5.41) is 0. The fourth-order valence-corrected chi connectivity index (χ4v) is 4.37. The van der Waals surface area contributed by atoms with Gasteiger partial charge in [0.2, 0.25) is 10.0 Å². The molecule has 0 amide bonds. The van der Waals surface area contributed by atoms with Crippen LogP contribution in [-0.4, -0.2) is 25.5 Å². The van der Waals surface area contributed by atoms with Gasteiger partial charge in [0.15, 0.2) is 0 Å². The lowest BCUT2D eigenvalue weighted by Gasteiger charge is -2.17. The van der Waals surface area contributed by atoms with E-state index in [1.165, 1.54) is 19.2 Å². The van der Waals surface area contributed by atoms with Gasteiger partial charge in [-0.05, 0) is 54.4 Å². The van der Waals surface area contributed by atoms with Crippen molar-refractivity contribution in [1.29, 1.82) is 0 Å². The van der Waals surface area contributed by atoms with Crippen LogP contribution in [0.2, 0.25) is 0 Å². The molecule has 1 atom stereocenters. The number of benzene rings is 3. The predicted octanol–water partition coefficient (Wildman–Crippen LogP) is 3.95. The standard InChI is InChI=1S/C22H21N3O3S/c1-15-8-13-19-20(14-15)24-22(23-19)21(16-6-4-3-5-7-16)25-29(26,27)18-11-9-17(28-2)10-12-18/h3-14,21,25H,1-2H3,(H,23,24). The van der Waals surface area contributed by atoms with E-state index in [0.29, 0.717) is 11.6 Å². The van der Waals surface area contributed by atoms with Crippen molar-refractivity contribution < 1.29 is 13.2 Å². The highest BCUT2D eigenvalue weighted by molar-refractivity contribution is 7.89. The van der Waals surface area contributed by atoms with E-state index in [1.54, 1.807) is 12.1 Å². The number of rotatable bonds is 6. The summed E-state index contributed by atoms with van der Waals surface area (Å²) in [4.78, 5) is 8.06. The van der Waals surface area contributed by atoms with Gasteiger partial charge in [-0.3, -0.25) is 0 Å². The molecule has 1 unspecified atom stereocenters. The number of imidazole rings is 1. The molecule has 1 aromatic heterocycles. The third-order valence-electron chi connectivity index (χ3n) is 4.70. The third kappa shape index (κ3) is 4.01. The van der Waals surface area contributed by atoms with E-state index in [1.807, 2.05) is 55.5 Å². The van der Waals surface area contributed by atoms with Crippen molar-refractivity contribution in [3.8, 4) is 5.75 Å². The maximum Gasteiger partial charge on any atom is 0.241 e. The molecule has 6 nitrogen and oxygen atoms in total. The van der Waals surface area contributed by atoms with Crippen LogP contribution in [0.15, 0.2) is 77.7 Å². The number of nitrogens with one attached hydrogen (secondary N) is 2. The summed E-state index contributed by atoms with van der Waals surface area (Å²) < 4.78 is 34.0. The molecule has 0 radical (unpaired) electrons. The Morgan fingerprint density at radius 3 is 2.41 bits per heavy atom. The van der Waals surface area contributed by atoms with Crippen LogP contribution in [0, 0.1) is 6.92 Å². The number of methoxy groups -OCH3 is 1. The Morgan fingerprint density at radius 1 is 1.00 bits per heavy atom. The van der Waals surface area contributed by atoms with Crippen LogP contribution in [0.1, 0.15) is 23.0 Å². The van der Waals surface area contributed by atoms with E-state index in [0.717, 1.165) is 22.2 Å². The highest BCUT2D eigenvalue weighted by Crippen LogP contribution is 2.26. The molecule has 0 saturated carbocycles. The lowest BCUT2D eigenvalue weighted by atomic mass is 10.1. The molecule has 0 fully saturated rings. The average molecular weight is 407 g/mol. The van der Waals surface area contributed by atoms with Crippen molar-refractivity contribution in [2.75, 3.05) is 7.11 Å². The molecule has 0 saturated heterocycles. The number of ether oxygens (including phenoxy) is 1. The number of hydrogen-bond acceptors (Lipinski definition) is 4. The lowest BCUT2D eigenvalue weighted by Crippen LogP contribution is -2.30. The third-order valence-corrected chi connectivity index (χ3v) is 6.14. The Balaban J connectivity index is 1.76. The molecule has 4 aromatic rings. The number of aromatic nitrogens is 2. The summed E-state index contributed by atoms with van der Waals surface area (Å²) in [6.07, 6.45) is 0. The molecule has 0 aliphatic heterocycles. The van der Waals surface area contributed by atoms with Crippen molar-refractivity contribution >= 4 is 21.1 Å². The molecule has 2 N–H and O–H groups in total. The highest BCUT2D eigenvalue weighted by Gasteiger charge is 2.25. The summed E-state index contributed by atoms with van der Waals surface area (Å²) >= 11 is 0. The first kappa shape index (κ1) is 19.2. The Hall–Kier alpha value is -3.16. The molecule has 1 heterocycles. The fraction of sp³-hybridized carbons (Fsp3) is 0.136. The number of nitrogens with zero attached hydrogens (tertiary/aromatic N) is 1. The quantitative estimate of drug-likeness (QED) is 0.507. The second-order valence-corrected chi connectivity index (χ2v) is 8.50. The van der Waals surface area contributed by atoms with Crippen molar-refractivity contribution in [3.63, 3.8) is 0 Å². The minimum absolute atomic E-state index is 0.159. The second-order valence-electron chi connectivity index (χ2n) is 6.78. The van der Waals surface area contributed by atoms with Crippen LogP contribution in [0.25, 0.3) is 11.0 Å². The van der Waals surface area contributed by atoms with Gasteiger partial charge in [-0.15, -0.1) is 0 Å². The van der Waals surface area contributed by atoms with E-state index < -0.39 is 16.1 Å². The second kappa shape index (κ2) is 7.69. The molecule has 0 aliphatic rings. The number of aryl methyl sites for hydroxylation is 1.